The summed E-state index contributed by atoms with van der Waals surface area (Å²) in [7, 11) is 0. The largest absolute Gasteiger partial charge is 0.483 e. The molecule has 1 N–H and O–H groups in total. The standard InChI is InChI=1S/C25H27BrN2O3/c1-4-27-25(30)18(3)28(15-19-9-7-8-17(2)14-19)23(29)16-31-22-13-12-20-10-5-6-11-21(20)24(22)26/h5-14,18H,4,15-16H2,1-3H3,(H,27,30). The van der Waals surface area contributed by atoms with Crippen LogP contribution >= 0.6 is 15.9 Å². The first kappa shape index (κ1) is 22.8. The summed E-state index contributed by atoms with van der Waals surface area (Å²) in [5.41, 5.74) is 2.07. The van der Waals surface area contributed by atoms with Crippen molar-refractivity contribution in [2.75, 3.05) is 13.2 Å². The minimum Gasteiger partial charge on any atom is -0.483 e. The zero-order chi connectivity index (χ0) is 22.4. The molecule has 0 aromatic heterocycles. The first-order valence-electron chi connectivity index (χ1n) is 10.3. The molecule has 1 atom stereocenters. The lowest BCUT2D eigenvalue weighted by atomic mass is 10.1. The Balaban J connectivity index is 1.79. The molecule has 0 aliphatic carbocycles. The quantitative estimate of drug-likeness (QED) is 0.499. The van der Waals surface area contributed by atoms with Crippen LogP contribution in [0.15, 0.2) is 65.1 Å². The Bertz CT molecular complexity index is 1080. The molecule has 0 spiro atoms. The zero-order valence-corrected chi connectivity index (χ0v) is 19.6. The van der Waals surface area contributed by atoms with E-state index in [1.807, 2.05) is 74.5 Å². The van der Waals surface area contributed by atoms with Crippen LogP contribution < -0.4 is 10.1 Å². The fraction of sp³-hybridized carbons (Fsp3) is 0.280. The number of hydrogen-bond acceptors (Lipinski definition) is 3. The Kier molecular flexibility index (Phi) is 7.69. The molecule has 162 valence electrons. The number of nitrogens with zero attached hydrogens (tertiary/aromatic N) is 1. The van der Waals surface area contributed by atoms with E-state index < -0.39 is 6.04 Å². The van der Waals surface area contributed by atoms with E-state index in [-0.39, 0.29) is 18.4 Å². The van der Waals surface area contributed by atoms with Gasteiger partial charge in [-0.3, -0.25) is 9.59 Å². The summed E-state index contributed by atoms with van der Waals surface area (Å²) in [5, 5.41) is 4.90. The minimum atomic E-state index is -0.614. The van der Waals surface area contributed by atoms with Crippen molar-refractivity contribution in [3.63, 3.8) is 0 Å². The van der Waals surface area contributed by atoms with Crippen molar-refractivity contribution < 1.29 is 14.3 Å². The van der Waals surface area contributed by atoms with E-state index in [1.54, 1.807) is 11.8 Å². The van der Waals surface area contributed by atoms with Gasteiger partial charge in [-0.05, 0) is 59.1 Å². The van der Waals surface area contributed by atoms with Gasteiger partial charge in [0.2, 0.25) is 5.91 Å². The van der Waals surface area contributed by atoms with E-state index in [1.165, 1.54) is 0 Å². The number of amides is 2. The van der Waals surface area contributed by atoms with Crippen LogP contribution in [0.2, 0.25) is 0 Å². The maximum atomic E-state index is 13.1. The Morgan fingerprint density at radius 2 is 1.87 bits per heavy atom. The van der Waals surface area contributed by atoms with Gasteiger partial charge < -0.3 is 15.0 Å². The third-order valence-electron chi connectivity index (χ3n) is 5.13. The molecule has 0 aliphatic heterocycles. The number of likely N-dealkylation sites (N-methyl/N-ethyl adjacent to an activating group) is 1. The minimum absolute atomic E-state index is 0.160. The number of carbonyl (C=O) groups is 2. The molecule has 0 radical (unpaired) electrons. The van der Waals surface area contributed by atoms with Gasteiger partial charge in [-0.1, -0.05) is 60.2 Å². The third kappa shape index (κ3) is 5.64. The van der Waals surface area contributed by atoms with Gasteiger partial charge in [-0.25, -0.2) is 0 Å². The van der Waals surface area contributed by atoms with Crippen molar-refractivity contribution in [2.24, 2.45) is 0 Å². The van der Waals surface area contributed by atoms with E-state index in [9.17, 15) is 9.59 Å². The van der Waals surface area contributed by atoms with Gasteiger partial charge in [0, 0.05) is 13.1 Å². The summed E-state index contributed by atoms with van der Waals surface area (Å²) in [6.45, 7) is 6.29. The molecule has 3 aromatic carbocycles. The van der Waals surface area contributed by atoms with Gasteiger partial charge >= 0.3 is 0 Å². The molecule has 0 heterocycles. The topological polar surface area (TPSA) is 58.6 Å². The molecule has 6 heteroatoms. The van der Waals surface area contributed by atoms with Crippen LogP contribution in [0.1, 0.15) is 25.0 Å². The lowest BCUT2D eigenvalue weighted by Crippen LogP contribution is -2.49. The van der Waals surface area contributed by atoms with Crippen molar-refractivity contribution in [3.05, 3.63) is 76.3 Å². The first-order chi connectivity index (χ1) is 14.9. The van der Waals surface area contributed by atoms with Crippen LogP contribution in [0.25, 0.3) is 10.8 Å². The number of benzene rings is 3. The second-order valence-electron chi connectivity index (χ2n) is 7.47. The maximum Gasteiger partial charge on any atom is 0.261 e. The van der Waals surface area contributed by atoms with Gasteiger partial charge in [-0.2, -0.15) is 0 Å². The lowest BCUT2D eigenvalue weighted by molar-refractivity contribution is -0.142. The monoisotopic (exact) mass is 482 g/mol. The van der Waals surface area contributed by atoms with E-state index in [4.69, 9.17) is 4.74 Å². The van der Waals surface area contributed by atoms with Crippen LogP contribution in [0, 0.1) is 6.92 Å². The molecule has 1 unspecified atom stereocenters. The maximum absolute atomic E-state index is 13.1. The van der Waals surface area contributed by atoms with Crippen LogP contribution in [0.3, 0.4) is 0 Å². The van der Waals surface area contributed by atoms with E-state index in [2.05, 4.69) is 21.2 Å². The molecule has 3 aromatic rings. The van der Waals surface area contributed by atoms with Crippen molar-refractivity contribution in [3.8, 4) is 5.75 Å². The molecule has 0 aliphatic rings. The average Bonchev–Trinajstić information content (AvgIpc) is 2.77. The molecule has 31 heavy (non-hydrogen) atoms. The number of rotatable bonds is 8. The lowest BCUT2D eigenvalue weighted by Gasteiger charge is -2.28. The summed E-state index contributed by atoms with van der Waals surface area (Å²) >= 11 is 3.59. The second-order valence-corrected chi connectivity index (χ2v) is 8.26. The number of hydrogen-bond donors (Lipinski definition) is 1. The summed E-state index contributed by atoms with van der Waals surface area (Å²) in [5.74, 6) is 0.156. The number of carbonyl (C=O) groups excluding carboxylic acids is 2. The summed E-state index contributed by atoms with van der Waals surface area (Å²) in [6, 6.07) is 19.1. The highest BCUT2D eigenvalue weighted by atomic mass is 79.9. The molecule has 0 fully saturated rings. The van der Waals surface area contributed by atoms with Crippen LogP contribution in [0.4, 0.5) is 0 Å². The van der Waals surface area contributed by atoms with Gasteiger partial charge in [-0.15, -0.1) is 0 Å². The fourth-order valence-corrected chi connectivity index (χ4v) is 4.07. The Hall–Kier alpha value is -2.86. The Labute approximate surface area is 191 Å². The number of halogens is 1. The average molecular weight is 483 g/mol. The van der Waals surface area contributed by atoms with E-state index >= 15 is 0 Å². The smallest absolute Gasteiger partial charge is 0.261 e. The van der Waals surface area contributed by atoms with Crippen molar-refractivity contribution in [2.45, 2.75) is 33.4 Å². The molecule has 2 amide bonds. The Morgan fingerprint density at radius 3 is 2.61 bits per heavy atom. The van der Waals surface area contributed by atoms with Crippen LogP contribution in [-0.2, 0) is 16.1 Å². The molecule has 3 rings (SSSR count). The van der Waals surface area contributed by atoms with Crippen LogP contribution in [0.5, 0.6) is 5.75 Å². The summed E-state index contributed by atoms with van der Waals surface area (Å²) in [6.07, 6.45) is 0. The van der Waals surface area contributed by atoms with Crippen molar-refractivity contribution in [1.29, 1.82) is 0 Å². The molecule has 0 saturated carbocycles. The molecule has 0 bridgehead atoms. The number of fused-ring (bicyclic) bond motifs is 1. The number of aryl methyl sites for hydroxylation is 1. The fourth-order valence-electron chi connectivity index (χ4n) is 3.46. The number of nitrogens with one attached hydrogen (secondary N) is 1. The van der Waals surface area contributed by atoms with Gasteiger partial charge in [0.05, 0.1) is 4.47 Å². The third-order valence-corrected chi connectivity index (χ3v) is 5.95. The zero-order valence-electron chi connectivity index (χ0n) is 18.0. The molecular formula is C25H27BrN2O3. The van der Waals surface area contributed by atoms with Crippen molar-refractivity contribution >= 4 is 38.5 Å². The van der Waals surface area contributed by atoms with E-state index in [0.717, 1.165) is 26.4 Å². The van der Waals surface area contributed by atoms with Crippen LogP contribution in [-0.4, -0.2) is 35.9 Å². The highest BCUT2D eigenvalue weighted by molar-refractivity contribution is 9.10. The highest BCUT2D eigenvalue weighted by Gasteiger charge is 2.26. The van der Waals surface area contributed by atoms with Crippen molar-refractivity contribution in [1.82, 2.24) is 10.2 Å². The molecular weight excluding hydrogens is 456 g/mol. The van der Waals surface area contributed by atoms with Gasteiger partial charge in [0.1, 0.15) is 11.8 Å². The SMILES string of the molecule is CCNC(=O)C(C)N(Cc1cccc(C)c1)C(=O)COc1ccc2ccccc2c1Br. The van der Waals surface area contributed by atoms with E-state index in [0.29, 0.717) is 18.8 Å². The highest BCUT2D eigenvalue weighted by Crippen LogP contribution is 2.33. The van der Waals surface area contributed by atoms with Gasteiger partial charge in [0.15, 0.2) is 6.61 Å². The number of ether oxygens (including phenoxy) is 1. The normalized spacial score (nSPS) is 11.7. The molecule has 0 saturated heterocycles. The second kappa shape index (κ2) is 10.4. The first-order valence-corrected chi connectivity index (χ1v) is 11.1. The summed E-state index contributed by atoms with van der Waals surface area (Å²) in [4.78, 5) is 27.2. The predicted molar refractivity (Wildman–Crippen MR) is 127 cm³/mol. The summed E-state index contributed by atoms with van der Waals surface area (Å²) < 4.78 is 6.68. The Morgan fingerprint density at radius 1 is 1.10 bits per heavy atom. The predicted octanol–water partition coefficient (Wildman–Crippen LogP) is 4.84. The molecule has 5 nitrogen and oxygen atoms in total. The van der Waals surface area contributed by atoms with Gasteiger partial charge in [0.25, 0.3) is 5.91 Å².